The Morgan fingerprint density at radius 2 is 1.81 bits per heavy atom. The van der Waals surface area contributed by atoms with Gasteiger partial charge in [-0.2, -0.15) is 0 Å². The summed E-state index contributed by atoms with van der Waals surface area (Å²) in [5, 5.41) is 7.76. The van der Waals surface area contributed by atoms with Gasteiger partial charge in [0.05, 0.1) is 5.52 Å². The lowest BCUT2D eigenvalue weighted by Crippen LogP contribution is -2.03. The number of nitrogens with zero attached hydrogens (tertiary/aromatic N) is 2. The summed E-state index contributed by atoms with van der Waals surface area (Å²) in [6.45, 7) is 3.06. The molecule has 0 amide bonds. The van der Waals surface area contributed by atoms with E-state index in [4.69, 9.17) is 0 Å². The predicted octanol–water partition coefficient (Wildman–Crippen LogP) is 4.20. The van der Waals surface area contributed by atoms with Crippen molar-refractivity contribution in [2.45, 2.75) is 13.3 Å². The van der Waals surface area contributed by atoms with Crippen LogP contribution in [0.3, 0.4) is 0 Å². The molecule has 0 radical (unpaired) electrons. The highest BCUT2D eigenvalue weighted by atomic mass is 15.1. The van der Waals surface area contributed by atoms with Gasteiger partial charge in [-0.15, -0.1) is 0 Å². The van der Waals surface area contributed by atoms with E-state index in [-0.39, 0.29) is 0 Å². The second-order valence-corrected chi connectivity index (χ2v) is 4.84. The fraction of sp³-hybridized carbons (Fsp3) is 0.176. The summed E-state index contributed by atoms with van der Waals surface area (Å²) in [4.78, 5) is 8.94. The summed E-state index contributed by atoms with van der Waals surface area (Å²) < 4.78 is 0. The van der Waals surface area contributed by atoms with Crippen LogP contribution in [0.5, 0.6) is 0 Å². The average molecular weight is 278 g/mol. The summed E-state index contributed by atoms with van der Waals surface area (Å²) in [5.41, 5.74) is 1.99. The maximum absolute atomic E-state index is 4.57. The normalized spacial score (nSPS) is 10.5. The maximum atomic E-state index is 4.57. The van der Waals surface area contributed by atoms with Crippen LogP contribution in [0.25, 0.3) is 10.9 Å². The summed E-state index contributed by atoms with van der Waals surface area (Å²) in [6.07, 6.45) is 2.88. The first-order valence-corrected chi connectivity index (χ1v) is 7.18. The number of fused-ring (bicyclic) bond motifs is 1. The Labute approximate surface area is 124 Å². The minimum atomic E-state index is 0.826. The van der Waals surface area contributed by atoms with E-state index in [0.717, 1.165) is 41.2 Å². The number of aromatic nitrogens is 2. The largest absolute Gasteiger partial charge is 0.370 e. The quantitative estimate of drug-likeness (QED) is 0.734. The van der Waals surface area contributed by atoms with Crippen LogP contribution in [0.15, 0.2) is 54.7 Å². The molecule has 3 rings (SSSR count). The minimum Gasteiger partial charge on any atom is -0.370 e. The molecular weight excluding hydrogens is 260 g/mol. The molecule has 3 aromatic rings. The summed E-state index contributed by atoms with van der Waals surface area (Å²) in [7, 11) is 0. The molecule has 0 aliphatic rings. The molecular formula is C17H18N4. The number of hydrogen-bond acceptors (Lipinski definition) is 4. The number of pyridine rings is 2. The summed E-state index contributed by atoms with van der Waals surface area (Å²) in [6, 6.07) is 16.0. The highest BCUT2D eigenvalue weighted by Crippen LogP contribution is 2.24. The molecule has 0 unspecified atom stereocenters. The van der Waals surface area contributed by atoms with Gasteiger partial charge >= 0.3 is 0 Å². The van der Waals surface area contributed by atoms with E-state index in [1.165, 1.54) is 0 Å². The first kappa shape index (κ1) is 13.4. The van der Waals surface area contributed by atoms with Crippen molar-refractivity contribution in [3.63, 3.8) is 0 Å². The first-order valence-electron chi connectivity index (χ1n) is 7.18. The van der Waals surface area contributed by atoms with Crippen molar-refractivity contribution in [3.05, 3.63) is 54.7 Å². The van der Waals surface area contributed by atoms with Crippen LogP contribution in [0.1, 0.15) is 13.3 Å². The van der Waals surface area contributed by atoms with Gasteiger partial charge in [0.2, 0.25) is 0 Å². The second-order valence-electron chi connectivity index (χ2n) is 4.84. The third-order valence-electron chi connectivity index (χ3n) is 3.21. The fourth-order valence-electron chi connectivity index (χ4n) is 2.21. The van der Waals surface area contributed by atoms with Gasteiger partial charge in [-0.05, 0) is 42.8 Å². The maximum Gasteiger partial charge on any atom is 0.132 e. The van der Waals surface area contributed by atoms with E-state index in [9.17, 15) is 0 Å². The van der Waals surface area contributed by atoms with Crippen LogP contribution in [0, 0.1) is 0 Å². The van der Waals surface area contributed by atoms with Crippen molar-refractivity contribution in [2.24, 2.45) is 0 Å². The molecule has 0 bridgehead atoms. The van der Waals surface area contributed by atoms with Crippen LogP contribution in [0.4, 0.5) is 17.3 Å². The topological polar surface area (TPSA) is 49.8 Å². The summed E-state index contributed by atoms with van der Waals surface area (Å²) in [5.74, 6) is 1.72. The van der Waals surface area contributed by atoms with Gasteiger partial charge < -0.3 is 10.6 Å². The lowest BCUT2D eigenvalue weighted by Gasteiger charge is -2.10. The number of benzene rings is 1. The molecule has 2 aromatic heterocycles. The Bertz CT molecular complexity index is 734. The minimum absolute atomic E-state index is 0.826. The van der Waals surface area contributed by atoms with Crippen molar-refractivity contribution in [1.29, 1.82) is 0 Å². The molecule has 0 atom stereocenters. The molecule has 21 heavy (non-hydrogen) atoms. The lowest BCUT2D eigenvalue weighted by atomic mass is 10.2. The van der Waals surface area contributed by atoms with Crippen LogP contribution in [0.2, 0.25) is 0 Å². The first-order chi connectivity index (χ1) is 10.4. The molecule has 2 heterocycles. The number of rotatable bonds is 5. The van der Waals surface area contributed by atoms with E-state index in [1.807, 2.05) is 42.5 Å². The Morgan fingerprint density at radius 1 is 0.952 bits per heavy atom. The van der Waals surface area contributed by atoms with Crippen molar-refractivity contribution in [3.8, 4) is 0 Å². The van der Waals surface area contributed by atoms with Crippen molar-refractivity contribution < 1.29 is 0 Å². The van der Waals surface area contributed by atoms with Gasteiger partial charge in [0, 0.05) is 23.8 Å². The van der Waals surface area contributed by atoms with Gasteiger partial charge in [-0.25, -0.2) is 4.98 Å². The standard InChI is InChI=1S/C17H18N4/c1-2-11-19-16-9-4-10-17(21-16)20-15-8-3-7-14-13(15)6-5-12-18-14/h3-10,12H,2,11H2,1H3,(H2,19,20,21). The molecule has 0 saturated heterocycles. The molecule has 2 N–H and O–H groups in total. The van der Waals surface area contributed by atoms with E-state index in [0.29, 0.717) is 0 Å². The van der Waals surface area contributed by atoms with Crippen LogP contribution >= 0.6 is 0 Å². The van der Waals surface area contributed by atoms with Gasteiger partial charge in [0.1, 0.15) is 11.6 Å². The molecule has 0 fully saturated rings. The van der Waals surface area contributed by atoms with Crippen molar-refractivity contribution in [2.75, 3.05) is 17.2 Å². The highest BCUT2D eigenvalue weighted by molar-refractivity contribution is 5.92. The van der Waals surface area contributed by atoms with Crippen LogP contribution < -0.4 is 10.6 Å². The van der Waals surface area contributed by atoms with Gasteiger partial charge in [0.25, 0.3) is 0 Å². The highest BCUT2D eigenvalue weighted by Gasteiger charge is 2.03. The van der Waals surface area contributed by atoms with Gasteiger partial charge in [0.15, 0.2) is 0 Å². The predicted molar refractivity (Wildman–Crippen MR) is 88.0 cm³/mol. The third-order valence-corrected chi connectivity index (χ3v) is 3.21. The third kappa shape index (κ3) is 3.11. The van der Waals surface area contributed by atoms with Crippen molar-refractivity contribution >= 4 is 28.2 Å². The molecule has 0 saturated carbocycles. The molecule has 0 spiro atoms. The lowest BCUT2D eigenvalue weighted by molar-refractivity contribution is 0.970. The zero-order valence-electron chi connectivity index (χ0n) is 12.0. The van der Waals surface area contributed by atoms with Gasteiger partial charge in [-0.1, -0.05) is 19.1 Å². The van der Waals surface area contributed by atoms with Crippen LogP contribution in [-0.2, 0) is 0 Å². The number of hydrogen-bond donors (Lipinski definition) is 2. The average Bonchev–Trinajstić information content (AvgIpc) is 2.54. The molecule has 0 aliphatic heterocycles. The monoisotopic (exact) mass is 278 g/mol. The van der Waals surface area contributed by atoms with Gasteiger partial charge in [-0.3, -0.25) is 4.98 Å². The zero-order valence-corrected chi connectivity index (χ0v) is 12.0. The molecule has 1 aromatic carbocycles. The van der Waals surface area contributed by atoms with Crippen LogP contribution in [-0.4, -0.2) is 16.5 Å². The SMILES string of the molecule is CCCNc1cccc(Nc2cccc3ncccc23)n1. The zero-order chi connectivity index (χ0) is 14.5. The smallest absolute Gasteiger partial charge is 0.132 e. The van der Waals surface area contributed by atoms with E-state index >= 15 is 0 Å². The van der Waals surface area contributed by atoms with Crippen molar-refractivity contribution in [1.82, 2.24) is 9.97 Å². The molecule has 0 aliphatic carbocycles. The Kier molecular flexibility index (Phi) is 3.96. The Balaban J connectivity index is 1.88. The Morgan fingerprint density at radius 3 is 2.71 bits per heavy atom. The molecule has 4 heteroatoms. The van der Waals surface area contributed by atoms with E-state index in [1.54, 1.807) is 6.20 Å². The second kappa shape index (κ2) is 6.22. The molecule has 4 nitrogen and oxygen atoms in total. The Hall–Kier alpha value is -2.62. The fourth-order valence-corrected chi connectivity index (χ4v) is 2.21. The summed E-state index contributed by atoms with van der Waals surface area (Å²) >= 11 is 0. The van der Waals surface area contributed by atoms with E-state index in [2.05, 4.69) is 33.6 Å². The molecule has 106 valence electrons. The van der Waals surface area contributed by atoms with E-state index < -0.39 is 0 Å². The number of anilines is 3. The number of nitrogens with one attached hydrogen (secondary N) is 2.